The Kier molecular flexibility index (Phi) is 11.2. The van der Waals surface area contributed by atoms with Gasteiger partial charge < -0.3 is 31.3 Å². The maximum Gasteiger partial charge on any atom is 0.164 e. The largest absolute Gasteiger partial charge is 0.394 e. The fraction of sp³-hybridized carbons (Fsp3) is 0.364. The van der Waals surface area contributed by atoms with Gasteiger partial charge in [-0.25, -0.2) is 15.0 Å². The third-order valence-corrected chi connectivity index (χ3v) is 7.32. The van der Waals surface area contributed by atoms with E-state index in [-0.39, 0.29) is 37.9 Å². The molecule has 0 radical (unpaired) electrons. The molecule has 0 aliphatic carbocycles. The van der Waals surface area contributed by atoms with E-state index in [4.69, 9.17) is 15.0 Å². The molecule has 222 valence electrons. The third kappa shape index (κ3) is 8.03. The molecule has 42 heavy (non-hydrogen) atoms. The van der Waals surface area contributed by atoms with Crippen molar-refractivity contribution >= 4 is 17.1 Å². The first-order valence-corrected chi connectivity index (χ1v) is 14.7. The van der Waals surface area contributed by atoms with E-state index >= 15 is 0 Å². The molecule has 3 aromatic carbocycles. The van der Waals surface area contributed by atoms with Crippen LogP contribution < -0.4 is 16.0 Å². The molecule has 0 fully saturated rings. The van der Waals surface area contributed by atoms with Gasteiger partial charge in [0.2, 0.25) is 0 Å². The average molecular weight is 571 g/mol. The molecule has 0 saturated heterocycles. The van der Waals surface area contributed by atoms with Gasteiger partial charge in [-0.3, -0.25) is 0 Å². The molecule has 1 heterocycles. The molecule has 0 aliphatic heterocycles. The van der Waals surface area contributed by atoms with Gasteiger partial charge in [0.15, 0.2) is 17.5 Å². The predicted octanol–water partition coefficient (Wildman–Crippen LogP) is 5.42. The van der Waals surface area contributed by atoms with E-state index in [1.54, 1.807) is 0 Å². The van der Waals surface area contributed by atoms with E-state index in [1.807, 2.05) is 93.6 Å². The first kappa shape index (κ1) is 30.9. The highest BCUT2D eigenvalue weighted by Gasteiger charge is 2.14. The maximum atomic E-state index is 9.55. The molecular formula is C33H42N6O3. The molecule has 0 spiro atoms. The number of nitrogens with one attached hydrogen (secondary N) is 3. The summed E-state index contributed by atoms with van der Waals surface area (Å²) in [5, 5.41) is 38.7. The number of aliphatic hydroxyl groups is 3. The quantitative estimate of drug-likeness (QED) is 0.111. The monoisotopic (exact) mass is 570 g/mol. The van der Waals surface area contributed by atoms with Crippen LogP contribution in [0.2, 0.25) is 0 Å². The molecule has 9 heteroatoms. The van der Waals surface area contributed by atoms with Crippen LogP contribution >= 0.6 is 0 Å². The van der Waals surface area contributed by atoms with E-state index in [0.29, 0.717) is 17.5 Å². The molecule has 4 aromatic rings. The van der Waals surface area contributed by atoms with Crippen LogP contribution in [0.25, 0.3) is 34.2 Å². The predicted molar refractivity (Wildman–Crippen MR) is 170 cm³/mol. The number of nitrogens with zero attached hydrogens (tertiary/aromatic N) is 3. The van der Waals surface area contributed by atoms with E-state index in [1.165, 1.54) is 0 Å². The SMILES string of the molecule is CCC(CO)Nc1ccc(-c2nc(-c3ccc(NC(CC)CO)cc3)nc(-c3ccc(NC(CC)CO)cc3)n2)cc1. The van der Waals surface area contributed by atoms with Crippen LogP contribution in [0.4, 0.5) is 17.1 Å². The summed E-state index contributed by atoms with van der Waals surface area (Å²) in [6.45, 7) is 6.30. The summed E-state index contributed by atoms with van der Waals surface area (Å²) in [7, 11) is 0. The second-order valence-electron chi connectivity index (χ2n) is 10.3. The van der Waals surface area contributed by atoms with Crippen molar-refractivity contribution in [2.45, 2.75) is 58.2 Å². The Morgan fingerprint density at radius 3 is 0.881 bits per heavy atom. The minimum atomic E-state index is -0.00359. The van der Waals surface area contributed by atoms with E-state index in [2.05, 4.69) is 16.0 Å². The zero-order valence-corrected chi connectivity index (χ0v) is 24.6. The van der Waals surface area contributed by atoms with Crippen LogP contribution in [0, 0.1) is 0 Å². The van der Waals surface area contributed by atoms with Crippen molar-refractivity contribution in [3.8, 4) is 34.2 Å². The summed E-state index contributed by atoms with van der Waals surface area (Å²) < 4.78 is 0. The molecule has 3 atom stereocenters. The Morgan fingerprint density at radius 2 is 0.690 bits per heavy atom. The van der Waals surface area contributed by atoms with Crippen LogP contribution in [0.3, 0.4) is 0 Å². The standard InChI is InChI=1S/C33H42N6O3/c1-4-25(19-40)34-28-13-7-22(8-14-28)31-37-32(23-9-15-29(16-10-23)35-26(5-2)20-41)39-33(38-31)24-11-17-30(18-12-24)36-27(6-3)21-42/h7-18,25-27,34-36,40-42H,4-6,19-21H2,1-3H3. The second-order valence-corrected chi connectivity index (χ2v) is 10.3. The van der Waals surface area contributed by atoms with Gasteiger partial charge in [-0.2, -0.15) is 0 Å². The van der Waals surface area contributed by atoms with Crippen LogP contribution in [0.1, 0.15) is 40.0 Å². The van der Waals surface area contributed by atoms with Crippen molar-refractivity contribution in [3.05, 3.63) is 72.8 Å². The summed E-state index contributed by atoms with van der Waals surface area (Å²) in [5.41, 5.74) is 5.30. The van der Waals surface area contributed by atoms with Crippen LogP contribution in [-0.2, 0) is 0 Å². The first-order valence-electron chi connectivity index (χ1n) is 14.7. The first-order chi connectivity index (χ1) is 20.5. The lowest BCUT2D eigenvalue weighted by atomic mass is 10.1. The molecule has 0 saturated carbocycles. The Morgan fingerprint density at radius 1 is 0.452 bits per heavy atom. The summed E-state index contributed by atoms with van der Waals surface area (Å²) in [6, 6.07) is 23.6. The zero-order valence-electron chi connectivity index (χ0n) is 24.6. The second kappa shape index (κ2) is 15.3. The van der Waals surface area contributed by atoms with Crippen molar-refractivity contribution in [2.75, 3.05) is 35.8 Å². The number of aromatic nitrogens is 3. The lowest BCUT2D eigenvalue weighted by Gasteiger charge is -2.16. The summed E-state index contributed by atoms with van der Waals surface area (Å²) in [4.78, 5) is 14.5. The molecule has 0 bridgehead atoms. The Labute approximate surface area is 248 Å². The van der Waals surface area contributed by atoms with Crippen molar-refractivity contribution in [3.63, 3.8) is 0 Å². The Hall–Kier alpha value is -4.05. The highest BCUT2D eigenvalue weighted by Crippen LogP contribution is 2.27. The molecule has 4 rings (SSSR count). The summed E-state index contributed by atoms with van der Waals surface area (Å²) in [6.07, 6.45) is 2.46. The normalized spacial score (nSPS) is 13.3. The molecule has 0 amide bonds. The van der Waals surface area contributed by atoms with Gasteiger partial charge in [0.25, 0.3) is 0 Å². The molecule has 3 unspecified atom stereocenters. The van der Waals surface area contributed by atoms with Gasteiger partial charge in [0.1, 0.15) is 0 Å². The topological polar surface area (TPSA) is 135 Å². The number of hydrogen-bond acceptors (Lipinski definition) is 9. The highest BCUT2D eigenvalue weighted by molar-refractivity contribution is 5.69. The number of rotatable bonds is 15. The molecular weight excluding hydrogens is 528 g/mol. The minimum Gasteiger partial charge on any atom is -0.394 e. The molecule has 1 aromatic heterocycles. The minimum absolute atomic E-state index is 0.00359. The van der Waals surface area contributed by atoms with Gasteiger partial charge >= 0.3 is 0 Å². The summed E-state index contributed by atoms with van der Waals surface area (Å²) in [5.74, 6) is 1.66. The zero-order chi connectivity index (χ0) is 29.9. The van der Waals surface area contributed by atoms with E-state index in [9.17, 15) is 15.3 Å². The number of aliphatic hydroxyl groups excluding tert-OH is 3. The van der Waals surface area contributed by atoms with E-state index in [0.717, 1.165) is 53.0 Å². The fourth-order valence-corrected chi connectivity index (χ4v) is 4.45. The molecule has 0 aliphatic rings. The van der Waals surface area contributed by atoms with Crippen LogP contribution in [0.5, 0.6) is 0 Å². The van der Waals surface area contributed by atoms with Gasteiger partial charge in [0.05, 0.1) is 19.8 Å². The van der Waals surface area contributed by atoms with Crippen molar-refractivity contribution < 1.29 is 15.3 Å². The lowest BCUT2D eigenvalue weighted by Crippen LogP contribution is -2.22. The van der Waals surface area contributed by atoms with E-state index < -0.39 is 0 Å². The van der Waals surface area contributed by atoms with Crippen molar-refractivity contribution in [1.82, 2.24) is 15.0 Å². The smallest absolute Gasteiger partial charge is 0.164 e. The maximum absolute atomic E-state index is 9.55. The average Bonchev–Trinajstić information content (AvgIpc) is 3.05. The highest BCUT2D eigenvalue weighted by atomic mass is 16.3. The van der Waals surface area contributed by atoms with Crippen LogP contribution in [-0.4, -0.2) is 68.2 Å². The number of anilines is 3. The molecule has 6 N–H and O–H groups in total. The third-order valence-electron chi connectivity index (χ3n) is 7.32. The van der Waals surface area contributed by atoms with Gasteiger partial charge in [-0.05, 0) is 92.1 Å². The Balaban J connectivity index is 1.69. The number of benzene rings is 3. The van der Waals surface area contributed by atoms with Gasteiger partial charge in [-0.1, -0.05) is 20.8 Å². The lowest BCUT2D eigenvalue weighted by molar-refractivity contribution is 0.271. The van der Waals surface area contributed by atoms with Crippen molar-refractivity contribution in [1.29, 1.82) is 0 Å². The van der Waals surface area contributed by atoms with Gasteiger partial charge in [0, 0.05) is 51.9 Å². The van der Waals surface area contributed by atoms with Crippen molar-refractivity contribution in [2.24, 2.45) is 0 Å². The Bertz CT molecular complexity index is 1190. The number of hydrogen-bond donors (Lipinski definition) is 6. The van der Waals surface area contributed by atoms with Crippen LogP contribution in [0.15, 0.2) is 72.8 Å². The van der Waals surface area contributed by atoms with Gasteiger partial charge in [-0.15, -0.1) is 0 Å². The molecule has 9 nitrogen and oxygen atoms in total. The fourth-order valence-electron chi connectivity index (χ4n) is 4.45. The summed E-state index contributed by atoms with van der Waals surface area (Å²) >= 11 is 0.